The van der Waals surface area contributed by atoms with Crippen molar-refractivity contribution in [2.24, 2.45) is 0 Å². The minimum absolute atomic E-state index is 0.165. The van der Waals surface area contributed by atoms with E-state index in [-0.39, 0.29) is 3.23 Å². The topological polar surface area (TPSA) is 0 Å². The highest BCUT2D eigenvalue weighted by atomic mass is 79.9. The van der Waals surface area contributed by atoms with Gasteiger partial charge in [-0.2, -0.15) is 0 Å². The Morgan fingerprint density at radius 2 is 2.18 bits per heavy atom. The molecule has 1 fully saturated rings. The van der Waals surface area contributed by atoms with Gasteiger partial charge in [-0.15, -0.1) is 11.3 Å². The molecule has 2 rings (SSSR count). The van der Waals surface area contributed by atoms with Gasteiger partial charge in [0.2, 0.25) is 0 Å². The van der Waals surface area contributed by atoms with Crippen molar-refractivity contribution in [3.63, 3.8) is 0 Å². The van der Waals surface area contributed by atoms with E-state index in [1.54, 1.807) is 0 Å². The zero-order valence-corrected chi connectivity index (χ0v) is 10.1. The highest BCUT2D eigenvalue weighted by molar-refractivity contribution is 9.25. The minimum atomic E-state index is 0.165. The van der Waals surface area contributed by atoms with Gasteiger partial charge in [0.25, 0.3) is 0 Å². The average Bonchev–Trinajstić information content (AvgIpc) is 2.36. The predicted octanol–water partition coefficient (Wildman–Crippen LogP) is 3.90. The first-order valence-corrected chi connectivity index (χ1v) is 5.95. The van der Waals surface area contributed by atoms with Crippen LogP contribution in [-0.4, -0.2) is 3.23 Å². The Kier molecular flexibility index (Phi) is 1.75. The van der Waals surface area contributed by atoms with E-state index in [2.05, 4.69) is 56.3 Å². The van der Waals surface area contributed by atoms with Crippen molar-refractivity contribution in [2.75, 3.05) is 0 Å². The van der Waals surface area contributed by atoms with Gasteiger partial charge >= 0.3 is 0 Å². The van der Waals surface area contributed by atoms with Crippen molar-refractivity contribution in [1.82, 2.24) is 0 Å². The summed E-state index contributed by atoms with van der Waals surface area (Å²) >= 11 is 9.14. The van der Waals surface area contributed by atoms with E-state index in [0.29, 0.717) is 5.41 Å². The molecule has 1 atom stereocenters. The quantitative estimate of drug-likeness (QED) is 0.690. The summed E-state index contributed by atoms with van der Waals surface area (Å²) in [6.45, 7) is 2.28. The van der Waals surface area contributed by atoms with Gasteiger partial charge in [-0.25, -0.2) is 0 Å². The van der Waals surface area contributed by atoms with E-state index >= 15 is 0 Å². The van der Waals surface area contributed by atoms with Crippen molar-refractivity contribution in [3.05, 3.63) is 22.4 Å². The molecule has 0 bridgehead atoms. The molecule has 1 saturated carbocycles. The Balaban J connectivity index is 2.33. The van der Waals surface area contributed by atoms with Crippen LogP contribution in [0.15, 0.2) is 17.5 Å². The smallest absolute Gasteiger partial charge is 0.0917 e. The van der Waals surface area contributed by atoms with E-state index in [1.807, 2.05) is 11.3 Å². The Morgan fingerprint density at radius 3 is 2.55 bits per heavy atom. The second kappa shape index (κ2) is 2.33. The van der Waals surface area contributed by atoms with Crippen LogP contribution < -0.4 is 0 Å². The van der Waals surface area contributed by atoms with Gasteiger partial charge in [-0.05, 0) is 17.9 Å². The van der Waals surface area contributed by atoms with E-state index in [1.165, 1.54) is 11.3 Å². The van der Waals surface area contributed by atoms with Crippen LogP contribution in [0.3, 0.4) is 0 Å². The minimum Gasteiger partial charge on any atom is -0.148 e. The molecule has 60 valence electrons. The number of hydrogen-bond donors (Lipinski definition) is 0. The summed E-state index contributed by atoms with van der Waals surface area (Å²) in [7, 11) is 0. The number of alkyl halides is 2. The van der Waals surface area contributed by atoms with Crippen molar-refractivity contribution in [2.45, 2.75) is 22.0 Å². The first-order chi connectivity index (χ1) is 5.06. The van der Waals surface area contributed by atoms with Crippen LogP contribution in [0.4, 0.5) is 0 Å². The monoisotopic (exact) mass is 294 g/mol. The molecule has 11 heavy (non-hydrogen) atoms. The second-order valence-electron chi connectivity index (χ2n) is 3.19. The molecule has 0 amide bonds. The fourth-order valence-electron chi connectivity index (χ4n) is 1.26. The van der Waals surface area contributed by atoms with Gasteiger partial charge < -0.3 is 0 Å². The normalized spacial score (nSPS) is 33.7. The first kappa shape index (κ1) is 8.27. The van der Waals surface area contributed by atoms with E-state index < -0.39 is 0 Å². The number of hydrogen-bond acceptors (Lipinski definition) is 1. The first-order valence-electron chi connectivity index (χ1n) is 3.48. The van der Waals surface area contributed by atoms with Crippen LogP contribution in [-0.2, 0) is 5.41 Å². The molecule has 1 heterocycles. The predicted molar refractivity (Wildman–Crippen MR) is 56.9 cm³/mol. The van der Waals surface area contributed by atoms with Gasteiger partial charge in [0.05, 0.1) is 3.23 Å². The fraction of sp³-hybridized carbons (Fsp3) is 0.500. The van der Waals surface area contributed by atoms with Crippen LogP contribution in [0.25, 0.3) is 0 Å². The lowest BCUT2D eigenvalue weighted by Gasteiger charge is -2.08. The third kappa shape index (κ3) is 1.12. The number of halogens is 2. The molecule has 1 aromatic heterocycles. The molecule has 0 nitrogen and oxygen atoms in total. The van der Waals surface area contributed by atoms with Crippen molar-refractivity contribution in [3.8, 4) is 0 Å². The number of rotatable bonds is 1. The highest BCUT2D eigenvalue weighted by Gasteiger charge is 2.63. The summed E-state index contributed by atoms with van der Waals surface area (Å²) in [6.07, 6.45) is 1.18. The molecule has 0 spiro atoms. The van der Waals surface area contributed by atoms with E-state index in [0.717, 1.165) is 0 Å². The maximum atomic E-state index is 3.65. The molecule has 0 N–H and O–H groups in total. The van der Waals surface area contributed by atoms with Crippen molar-refractivity contribution >= 4 is 43.2 Å². The Labute approximate surface area is 87.3 Å². The Hall–Kier alpha value is 0.660. The highest BCUT2D eigenvalue weighted by Crippen LogP contribution is 2.67. The molecule has 3 heteroatoms. The van der Waals surface area contributed by atoms with Crippen LogP contribution >= 0.6 is 43.2 Å². The van der Waals surface area contributed by atoms with Crippen LogP contribution in [0.1, 0.15) is 18.2 Å². The maximum absolute atomic E-state index is 3.65. The summed E-state index contributed by atoms with van der Waals surface area (Å²) in [5.41, 5.74) is 0.321. The lowest BCUT2D eigenvalue weighted by atomic mass is 10.1. The molecule has 0 radical (unpaired) electrons. The molecule has 1 aromatic rings. The van der Waals surface area contributed by atoms with Gasteiger partial charge in [0.1, 0.15) is 0 Å². The fourth-order valence-corrected chi connectivity index (χ4v) is 4.04. The van der Waals surface area contributed by atoms with Gasteiger partial charge in [-0.1, -0.05) is 44.8 Å². The molecule has 0 unspecified atom stereocenters. The largest absolute Gasteiger partial charge is 0.148 e. The van der Waals surface area contributed by atoms with Crippen LogP contribution in [0.2, 0.25) is 0 Å². The van der Waals surface area contributed by atoms with Gasteiger partial charge in [0.15, 0.2) is 0 Å². The van der Waals surface area contributed by atoms with E-state index in [9.17, 15) is 0 Å². The van der Waals surface area contributed by atoms with E-state index in [4.69, 9.17) is 0 Å². The van der Waals surface area contributed by atoms with Crippen LogP contribution in [0, 0.1) is 0 Å². The summed E-state index contributed by atoms with van der Waals surface area (Å²) in [5, 5.41) is 2.13. The van der Waals surface area contributed by atoms with Crippen LogP contribution in [0.5, 0.6) is 0 Å². The zero-order chi connectivity index (χ0) is 8.11. The van der Waals surface area contributed by atoms with Crippen molar-refractivity contribution < 1.29 is 0 Å². The van der Waals surface area contributed by atoms with Gasteiger partial charge in [-0.3, -0.25) is 0 Å². The molecule has 1 aliphatic carbocycles. The summed E-state index contributed by atoms with van der Waals surface area (Å²) in [5.74, 6) is 0. The standard InChI is InChI=1S/C8H8Br2S/c1-7(5-8(7,9)10)6-3-2-4-11-6/h2-4H,5H2,1H3/t7-/m0/s1. The molecule has 1 aliphatic rings. The SMILES string of the molecule is C[C@@]1(c2cccs2)CC1(Br)Br. The molecule has 0 aromatic carbocycles. The number of thiophene rings is 1. The average molecular weight is 296 g/mol. The maximum Gasteiger partial charge on any atom is 0.0917 e. The summed E-state index contributed by atoms with van der Waals surface area (Å²) in [6, 6.07) is 4.31. The molecule has 0 saturated heterocycles. The van der Waals surface area contributed by atoms with Gasteiger partial charge in [0, 0.05) is 10.3 Å². The Morgan fingerprint density at radius 1 is 1.55 bits per heavy atom. The second-order valence-corrected chi connectivity index (χ2v) is 7.91. The van der Waals surface area contributed by atoms with Crippen molar-refractivity contribution in [1.29, 1.82) is 0 Å². The molecule has 0 aliphatic heterocycles. The molecular formula is C8H8Br2S. The third-order valence-electron chi connectivity index (χ3n) is 2.32. The zero-order valence-electron chi connectivity index (χ0n) is 6.10. The third-order valence-corrected chi connectivity index (χ3v) is 5.77. The lowest BCUT2D eigenvalue weighted by Crippen LogP contribution is -2.06. The summed E-state index contributed by atoms with van der Waals surface area (Å²) < 4.78 is 0.165. The summed E-state index contributed by atoms with van der Waals surface area (Å²) in [4.78, 5) is 1.46. The molecular weight excluding hydrogens is 288 g/mol. The Bertz CT molecular complexity index is 266. The lowest BCUT2D eigenvalue weighted by molar-refractivity contribution is 0.808.